The Balaban J connectivity index is 2.00. The van der Waals surface area contributed by atoms with Crippen molar-refractivity contribution in [1.82, 2.24) is 9.38 Å². The monoisotopic (exact) mass is 334 g/mol. The summed E-state index contributed by atoms with van der Waals surface area (Å²) in [4.78, 5) is 17.3. The summed E-state index contributed by atoms with van der Waals surface area (Å²) < 4.78 is 7.34. The van der Waals surface area contributed by atoms with Crippen LogP contribution >= 0.6 is 11.3 Å². The summed E-state index contributed by atoms with van der Waals surface area (Å²) in [6.07, 6.45) is 0.862. The van der Waals surface area contributed by atoms with E-state index >= 15 is 0 Å². The van der Waals surface area contributed by atoms with Crippen LogP contribution in [0, 0.1) is 0 Å². The average molecular weight is 334 g/mol. The van der Waals surface area contributed by atoms with Gasteiger partial charge in [0.15, 0.2) is 11.2 Å². The van der Waals surface area contributed by atoms with Gasteiger partial charge in [0, 0.05) is 10.9 Å². The van der Waals surface area contributed by atoms with Crippen LogP contribution in [-0.4, -0.2) is 22.8 Å². The van der Waals surface area contributed by atoms with Crippen LogP contribution < -0.4 is 4.74 Å². The summed E-state index contributed by atoms with van der Waals surface area (Å²) in [5.41, 5.74) is 4.01. The molecule has 2 heterocycles. The van der Waals surface area contributed by atoms with Crippen LogP contribution in [0.15, 0.2) is 60.0 Å². The Kier molecular flexibility index (Phi) is 3.63. The molecule has 0 bridgehead atoms. The molecule has 0 amide bonds. The van der Waals surface area contributed by atoms with Gasteiger partial charge in [-0.2, -0.15) is 0 Å². The molecule has 118 valence electrons. The molecule has 0 unspecified atom stereocenters. The number of hydrogen-bond donors (Lipinski definition) is 0. The lowest BCUT2D eigenvalue weighted by Crippen LogP contribution is -1.95. The highest BCUT2D eigenvalue weighted by Crippen LogP contribution is 2.35. The number of aldehydes is 1. The predicted molar refractivity (Wildman–Crippen MR) is 95.9 cm³/mol. The Bertz CT molecular complexity index is 1020. The first-order valence-electron chi connectivity index (χ1n) is 7.47. The van der Waals surface area contributed by atoms with Crippen LogP contribution in [0.5, 0.6) is 5.75 Å². The van der Waals surface area contributed by atoms with Gasteiger partial charge in [0.25, 0.3) is 0 Å². The second-order valence-electron chi connectivity index (χ2n) is 5.27. The molecule has 0 fully saturated rings. The summed E-state index contributed by atoms with van der Waals surface area (Å²) in [6.45, 7) is 0. The fourth-order valence-electron chi connectivity index (χ4n) is 2.84. The molecule has 2 aromatic carbocycles. The fraction of sp³-hybridized carbons (Fsp3) is 0.0526. The molecule has 0 radical (unpaired) electrons. The Morgan fingerprint density at radius 2 is 1.83 bits per heavy atom. The van der Waals surface area contributed by atoms with E-state index in [-0.39, 0.29) is 0 Å². The van der Waals surface area contributed by atoms with Crippen molar-refractivity contribution in [2.24, 2.45) is 0 Å². The Labute approximate surface area is 143 Å². The van der Waals surface area contributed by atoms with Crippen molar-refractivity contribution in [3.8, 4) is 28.3 Å². The molecule has 0 N–H and O–H groups in total. The maximum Gasteiger partial charge on any atom is 0.195 e. The highest BCUT2D eigenvalue weighted by Gasteiger charge is 2.20. The van der Waals surface area contributed by atoms with E-state index in [9.17, 15) is 4.79 Å². The molecule has 2 aromatic heterocycles. The van der Waals surface area contributed by atoms with Crippen molar-refractivity contribution in [2.45, 2.75) is 0 Å². The van der Waals surface area contributed by atoms with Gasteiger partial charge in [-0.25, -0.2) is 4.98 Å². The number of nitrogens with zero attached hydrogens (tertiary/aromatic N) is 2. The van der Waals surface area contributed by atoms with Gasteiger partial charge in [-0.15, -0.1) is 11.3 Å². The van der Waals surface area contributed by atoms with Crippen molar-refractivity contribution in [1.29, 1.82) is 0 Å². The molecule has 24 heavy (non-hydrogen) atoms. The van der Waals surface area contributed by atoms with Crippen LogP contribution in [0.25, 0.3) is 27.5 Å². The summed E-state index contributed by atoms with van der Waals surface area (Å²) in [5, 5.41) is 2.02. The third kappa shape index (κ3) is 2.21. The van der Waals surface area contributed by atoms with E-state index < -0.39 is 0 Å². The fourth-order valence-corrected chi connectivity index (χ4v) is 3.74. The maximum absolute atomic E-state index is 11.9. The number of aromatic nitrogens is 2. The first-order chi connectivity index (χ1) is 11.8. The van der Waals surface area contributed by atoms with Gasteiger partial charge >= 0.3 is 0 Å². The SMILES string of the molecule is COc1ccccc1-c1nc2scc(-c3ccccc3)n2c1C=O. The zero-order valence-corrected chi connectivity index (χ0v) is 13.8. The van der Waals surface area contributed by atoms with Gasteiger partial charge in [0.2, 0.25) is 0 Å². The molecule has 5 heteroatoms. The first-order valence-corrected chi connectivity index (χ1v) is 8.35. The molecule has 4 nitrogen and oxygen atoms in total. The molecule has 0 aliphatic carbocycles. The molecular weight excluding hydrogens is 320 g/mol. The van der Waals surface area contributed by atoms with Crippen molar-refractivity contribution in [3.63, 3.8) is 0 Å². The number of methoxy groups -OCH3 is 1. The molecule has 0 spiro atoms. The van der Waals surface area contributed by atoms with E-state index in [0.29, 0.717) is 17.1 Å². The van der Waals surface area contributed by atoms with Crippen LogP contribution in [0.1, 0.15) is 10.5 Å². The molecule has 0 aliphatic rings. The van der Waals surface area contributed by atoms with Crippen molar-refractivity contribution < 1.29 is 9.53 Å². The number of carbonyl (C=O) groups is 1. The van der Waals surface area contributed by atoms with Crippen molar-refractivity contribution >= 4 is 22.6 Å². The van der Waals surface area contributed by atoms with Gasteiger partial charge < -0.3 is 4.74 Å². The summed E-state index contributed by atoms with van der Waals surface area (Å²) in [6, 6.07) is 17.6. The maximum atomic E-state index is 11.9. The standard InChI is InChI=1S/C19H14N2O2S/c1-23-17-10-6-5-9-14(17)18-15(11-22)21-16(12-24-19(21)20-18)13-7-3-2-4-8-13/h2-12H,1H3. The second-order valence-corrected chi connectivity index (χ2v) is 6.11. The van der Waals surface area contributed by atoms with Gasteiger partial charge in [-0.3, -0.25) is 9.20 Å². The smallest absolute Gasteiger partial charge is 0.195 e. The first kappa shape index (κ1) is 14.7. The molecule has 0 atom stereocenters. The van der Waals surface area contributed by atoms with Crippen LogP contribution in [0.2, 0.25) is 0 Å². The minimum Gasteiger partial charge on any atom is -0.496 e. The van der Waals surface area contributed by atoms with Gasteiger partial charge in [-0.05, 0) is 17.7 Å². The van der Waals surface area contributed by atoms with Crippen LogP contribution in [0.4, 0.5) is 0 Å². The van der Waals surface area contributed by atoms with E-state index in [1.54, 1.807) is 7.11 Å². The van der Waals surface area contributed by atoms with E-state index in [0.717, 1.165) is 28.1 Å². The average Bonchev–Trinajstić information content (AvgIpc) is 3.21. The quantitative estimate of drug-likeness (QED) is 0.514. The molecular formula is C19H14N2O2S. The summed E-state index contributed by atoms with van der Waals surface area (Å²) in [5.74, 6) is 0.701. The summed E-state index contributed by atoms with van der Waals surface area (Å²) >= 11 is 1.52. The molecule has 0 saturated carbocycles. The topological polar surface area (TPSA) is 43.6 Å². The van der Waals surface area contributed by atoms with Crippen molar-refractivity contribution in [2.75, 3.05) is 7.11 Å². The zero-order valence-electron chi connectivity index (χ0n) is 13.0. The van der Waals surface area contributed by atoms with E-state index in [2.05, 4.69) is 4.98 Å². The molecule has 4 rings (SSSR count). The number of ether oxygens (including phenoxy) is 1. The van der Waals surface area contributed by atoms with E-state index in [1.807, 2.05) is 64.4 Å². The molecule has 4 aromatic rings. The molecule has 0 aliphatic heterocycles. The third-order valence-electron chi connectivity index (χ3n) is 3.94. The highest BCUT2D eigenvalue weighted by atomic mass is 32.1. The minimum atomic E-state index is 0.537. The Morgan fingerprint density at radius 3 is 2.58 bits per heavy atom. The summed E-state index contributed by atoms with van der Waals surface area (Å²) in [7, 11) is 1.62. The lowest BCUT2D eigenvalue weighted by atomic mass is 10.1. The minimum absolute atomic E-state index is 0.537. The number of carbonyl (C=O) groups excluding carboxylic acids is 1. The number of hydrogen-bond acceptors (Lipinski definition) is 4. The normalized spacial score (nSPS) is 10.9. The lowest BCUT2D eigenvalue weighted by molar-refractivity contribution is 0.111. The van der Waals surface area contributed by atoms with Gasteiger partial charge in [0.05, 0.1) is 12.8 Å². The predicted octanol–water partition coefficient (Wildman–Crippen LogP) is 4.55. The Morgan fingerprint density at radius 1 is 1.08 bits per heavy atom. The van der Waals surface area contributed by atoms with Crippen LogP contribution in [0.3, 0.4) is 0 Å². The Hall–Kier alpha value is -2.92. The van der Waals surface area contributed by atoms with Crippen LogP contribution in [-0.2, 0) is 0 Å². The van der Waals surface area contributed by atoms with Crippen molar-refractivity contribution in [3.05, 3.63) is 65.7 Å². The number of rotatable bonds is 4. The zero-order chi connectivity index (χ0) is 16.5. The number of thiazole rings is 1. The number of imidazole rings is 1. The molecule has 0 saturated heterocycles. The van der Waals surface area contributed by atoms with Gasteiger partial charge in [-0.1, -0.05) is 42.5 Å². The number of fused-ring (bicyclic) bond motifs is 1. The van der Waals surface area contributed by atoms with Gasteiger partial charge in [0.1, 0.15) is 17.1 Å². The third-order valence-corrected chi connectivity index (χ3v) is 4.77. The van der Waals surface area contributed by atoms with E-state index in [1.165, 1.54) is 11.3 Å². The number of benzene rings is 2. The second kappa shape index (κ2) is 5.94. The van der Waals surface area contributed by atoms with E-state index in [4.69, 9.17) is 4.74 Å². The lowest BCUT2D eigenvalue weighted by Gasteiger charge is -2.07. The highest BCUT2D eigenvalue weighted by molar-refractivity contribution is 7.15. The number of para-hydroxylation sites is 1. The largest absolute Gasteiger partial charge is 0.496 e.